The van der Waals surface area contributed by atoms with Crippen LogP contribution in [0.4, 0.5) is 0 Å². The van der Waals surface area contributed by atoms with E-state index >= 15 is 0 Å². The molecule has 7 heteroatoms. The Hall–Kier alpha value is -2.70. The highest BCUT2D eigenvalue weighted by Gasteiger charge is 2.25. The summed E-state index contributed by atoms with van der Waals surface area (Å²) in [5, 5.41) is 8.09. The summed E-state index contributed by atoms with van der Waals surface area (Å²) in [6.07, 6.45) is 9.47. The molecule has 0 bridgehead atoms. The molecule has 23 heavy (non-hydrogen) atoms. The predicted molar refractivity (Wildman–Crippen MR) is 84.1 cm³/mol. The quantitative estimate of drug-likeness (QED) is 0.722. The summed E-state index contributed by atoms with van der Waals surface area (Å²) in [5.41, 5.74) is 1.43. The van der Waals surface area contributed by atoms with Crippen LogP contribution < -0.4 is 0 Å². The van der Waals surface area contributed by atoms with Crippen molar-refractivity contribution in [2.75, 3.05) is 13.1 Å². The van der Waals surface area contributed by atoms with Gasteiger partial charge in [-0.05, 0) is 31.9 Å². The molecular weight excluding hydrogens is 292 g/mol. The van der Waals surface area contributed by atoms with E-state index in [4.69, 9.17) is 0 Å². The van der Waals surface area contributed by atoms with E-state index in [0.29, 0.717) is 18.2 Å². The lowest BCUT2D eigenvalue weighted by molar-refractivity contribution is 0.0679. The number of piperidine rings is 1. The SMILES string of the molecule is Cc1nnc2ccc(C(=O)N3CCCC(n4ccnc4)C3)cn12. The van der Waals surface area contributed by atoms with Crippen molar-refractivity contribution in [2.24, 2.45) is 0 Å². The van der Waals surface area contributed by atoms with Gasteiger partial charge in [0.05, 0.1) is 17.9 Å². The van der Waals surface area contributed by atoms with Crippen LogP contribution in [-0.2, 0) is 0 Å². The second-order valence-electron chi connectivity index (χ2n) is 5.95. The molecule has 1 saturated heterocycles. The Morgan fingerprint density at radius 1 is 1.30 bits per heavy atom. The Balaban J connectivity index is 1.58. The number of fused-ring (bicyclic) bond motifs is 1. The minimum absolute atomic E-state index is 0.0600. The number of pyridine rings is 1. The molecule has 1 unspecified atom stereocenters. The van der Waals surface area contributed by atoms with E-state index in [1.165, 1.54) is 0 Å². The number of carbonyl (C=O) groups is 1. The number of hydrogen-bond acceptors (Lipinski definition) is 4. The van der Waals surface area contributed by atoms with Crippen LogP contribution >= 0.6 is 0 Å². The van der Waals surface area contributed by atoms with Gasteiger partial charge in [-0.2, -0.15) is 0 Å². The van der Waals surface area contributed by atoms with Crippen molar-refractivity contribution in [1.82, 2.24) is 29.0 Å². The molecule has 0 spiro atoms. The van der Waals surface area contributed by atoms with Crippen molar-refractivity contribution in [3.63, 3.8) is 0 Å². The molecule has 4 rings (SSSR count). The van der Waals surface area contributed by atoms with E-state index in [2.05, 4.69) is 19.7 Å². The van der Waals surface area contributed by atoms with E-state index in [9.17, 15) is 4.79 Å². The van der Waals surface area contributed by atoms with E-state index in [-0.39, 0.29) is 5.91 Å². The van der Waals surface area contributed by atoms with Crippen LogP contribution in [0.25, 0.3) is 5.65 Å². The predicted octanol–water partition coefficient (Wildman–Crippen LogP) is 1.71. The van der Waals surface area contributed by atoms with Gasteiger partial charge in [0.2, 0.25) is 0 Å². The maximum atomic E-state index is 12.8. The maximum absolute atomic E-state index is 12.8. The highest BCUT2D eigenvalue weighted by atomic mass is 16.2. The topological polar surface area (TPSA) is 68.3 Å². The second kappa shape index (κ2) is 5.49. The van der Waals surface area contributed by atoms with Crippen LogP contribution in [-0.4, -0.2) is 48.0 Å². The van der Waals surface area contributed by atoms with E-state index < -0.39 is 0 Å². The van der Waals surface area contributed by atoms with Crippen molar-refractivity contribution < 1.29 is 4.79 Å². The minimum Gasteiger partial charge on any atom is -0.337 e. The van der Waals surface area contributed by atoms with Gasteiger partial charge in [0.1, 0.15) is 5.82 Å². The van der Waals surface area contributed by atoms with Crippen LogP contribution in [0.15, 0.2) is 37.1 Å². The molecule has 7 nitrogen and oxygen atoms in total. The Morgan fingerprint density at radius 2 is 2.22 bits per heavy atom. The van der Waals surface area contributed by atoms with Gasteiger partial charge in [0.15, 0.2) is 5.65 Å². The number of carbonyl (C=O) groups excluding carboxylic acids is 1. The first-order chi connectivity index (χ1) is 11.2. The summed E-state index contributed by atoms with van der Waals surface area (Å²) in [7, 11) is 0. The third kappa shape index (κ3) is 2.48. The molecule has 1 fully saturated rings. The van der Waals surface area contributed by atoms with Gasteiger partial charge >= 0.3 is 0 Å². The highest BCUT2D eigenvalue weighted by Crippen LogP contribution is 2.22. The number of imidazole rings is 1. The first kappa shape index (κ1) is 13.9. The standard InChI is InChI=1S/C16H18N6O/c1-12-18-19-15-5-4-13(9-22(12)15)16(23)20-7-2-3-14(10-20)21-8-6-17-11-21/h4-6,8-9,11,14H,2-3,7,10H2,1H3. The molecule has 4 heterocycles. The monoisotopic (exact) mass is 310 g/mol. The summed E-state index contributed by atoms with van der Waals surface area (Å²) in [5.74, 6) is 0.842. The number of likely N-dealkylation sites (tertiary alicyclic amines) is 1. The van der Waals surface area contributed by atoms with Crippen LogP contribution in [0.2, 0.25) is 0 Å². The van der Waals surface area contributed by atoms with Crippen molar-refractivity contribution in [3.8, 4) is 0 Å². The van der Waals surface area contributed by atoms with Gasteiger partial charge in [0.25, 0.3) is 5.91 Å². The third-order valence-corrected chi connectivity index (χ3v) is 4.45. The van der Waals surface area contributed by atoms with Gasteiger partial charge in [-0.15, -0.1) is 10.2 Å². The number of rotatable bonds is 2. The molecule has 3 aromatic heterocycles. The zero-order valence-corrected chi connectivity index (χ0v) is 13.0. The lowest BCUT2D eigenvalue weighted by Gasteiger charge is -2.33. The Bertz CT molecular complexity index is 838. The van der Waals surface area contributed by atoms with Crippen LogP contribution in [0.3, 0.4) is 0 Å². The Morgan fingerprint density at radius 3 is 3.04 bits per heavy atom. The van der Waals surface area contributed by atoms with Crippen LogP contribution in [0.1, 0.15) is 35.1 Å². The summed E-state index contributed by atoms with van der Waals surface area (Å²) < 4.78 is 3.94. The maximum Gasteiger partial charge on any atom is 0.255 e. The zero-order valence-electron chi connectivity index (χ0n) is 13.0. The zero-order chi connectivity index (χ0) is 15.8. The Labute approximate surface area is 133 Å². The molecule has 0 aromatic carbocycles. The molecule has 0 saturated carbocycles. The van der Waals surface area contributed by atoms with E-state index in [1.807, 2.05) is 47.1 Å². The largest absolute Gasteiger partial charge is 0.337 e. The number of aromatic nitrogens is 5. The van der Waals surface area contributed by atoms with Crippen molar-refractivity contribution in [1.29, 1.82) is 0 Å². The normalized spacial score (nSPS) is 18.5. The van der Waals surface area contributed by atoms with Gasteiger partial charge in [-0.3, -0.25) is 9.20 Å². The Kier molecular flexibility index (Phi) is 3.33. The highest BCUT2D eigenvalue weighted by molar-refractivity contribution is 5.94. The average Bonchev–Trinajstić information content (AvgIpc) is 3.25. The van der Waals surface area contributed by atoms with Gasteiger partial charge in [-0.25, -0.2) is 4.98 Å². The molecule has 3 aromatic rings. The molecule has 0 N–H and O–H groups in total. The minimum atomic E-state index is 0.0600. The average molecular weight is 310 g/mol. The van der Waals surface area contributed by atoms with Gasteiger partial charge in [-0.1, -0.05) is 0 Å². The van der Waals surface area contributed by atoms with Crippen molar-refractivity contribution >= 4 is 11.6 Å². The smallest absolute Gasteiger partial charge is 0.255 e. The van der Waals surface area contributed by atoms with Crippen LogP contribution in [0, 0.1) is 6.92 Å². The second-order valence-corrected chi connectivity index (χ2v) is 5.95. The lowest BCUT2D eigenvalue weighted by atomic mass is 10.0. The van der Waals surface area contributed by atoms with Crippen molar-refractivity contribution in [3.05, 3.63) is 48.4 Å². The van der Waals surface area contributed by atoms with E-state index in [1.54, 1.807) is 6.20 Å². The number of hydrogen-bond donors (Lipinski definition) is 0. The van der Waals surface area contributed by atoms with Gasteiger partial charge < -0.3 is 9.47 Å². The molecule has 118 valence electrons. The molecule has 1 aliphatic heterocycles. The molecule has 0 radical (unpaired) electrons. The molecule has 1 amide bonds. The molecule has 0 aliphatic carbocycles. The van der Waals surface area contributed by atoms with E-state index in [0.717, 1.165) is 30.9 Å². The van der Waals surface area contributed by atoms with Crippen LogP contribution in [0.5, 0.6) is 0 Å². The third-order valence-electron chi connectivity index (χ3n) is 4.45. The number of amides is 1. The first-order valence-corrected chi connectivity index (χ1v) is 7.80. The first-order valence-electron chi connectivity index (χ1n) is 7.80. The summed E-state index contributed by atoms with van der Waals surface area (Å²) >= 11 is 0. The molecular formula is C16H18N6O. The number of nitrogens with zero attached hydrogens (tertiary/aromatic N) is 6. The molecule has 1 aliphatic rings. The fourth-order valence-corrected chi connectivity index (χ4v) is 3.18. The summed E-state index contributed by atoms with van der Waals surface area (Å²) in [6.45, 7) is 3.39. The fourth-order valence-electron chi connectivity index (χ4n) is 3.18. The number of aryl methyl sites for hydroxylation is 1. The molecule has 1 atom stereocenters. The van der Waals surface area contributed by atoms with Crippen molar-refractivity contribution in [2.45, 2.75) is 25.8 Å². The lowest BCUT2D eigenvalue weighted by Crippen LogP contribution is -2.40. The summed E-state index contributed by atoms with van der Waals surface area (Å²) in [4.78, 5) is 18.9. The van der Waals surface area contributed by atoms with Gasteiger partial charge in [0, 0.05) is 31.7 Å². The fraction of sp³-hybridized carbons (Fsp3) is 0.375. The summed E-state index contributed by atoms with van der Waals surface area (Å²) in [6, 6.07) is 3.97.